The highest BCUT2D eigenvalue weighted by Gasteiger charge is 2.20. The number of methoxy groups -OCH3 is 1. The number of urea groups is 1. The first-order chi connectivity index (χ1) is 18.2. The Kier molecular flexibility index (Phi) is 10.3. The number of aryl methyl sites for hydroxylation is 1. The van der Waals surface area contributed by atoms with Gasteiger partial charge in [0.05, 0.1) is 30.1 Å². The lowest BCUT2D eigenvalue weighted by molar-refractivity contribution is -0.117. The summed E-state index contributed by atoms with van der Waals surface area (Å²) in [5.74, 6) is 0.763. The highest BCUT2D eigenvalue weighted by Crippen LogP contribution is 2.35. The van der Waals surface area contributed by atoms with Crippen LogP contribution in [0.25, 0.3) is 5.65 Å². The van der Waals surface area contributed by atoms with Crippen LogP contribution >= 0.6 is 51.5 Å². The summed E-state index contributed by atoms with van der Waals surface area (Å²) in [7, 11) is 3.10. The lowest BCUT2D eigenvalue weighted by Crippen LogP contribution is -2.40. The summed E-state index contributed by atoms with van der Waals surface area (Å²) in [6, 6.07) is 13.3. The molecule has 0 fully saturated rings. The second-order valence-corrected chi connectivity index (χ2v) is 9.73. The van der Waals surface area contributed by atoms with Crippen molar-refractivity contribution in [1.29, 1.82) is 0 Å². The van der Waals surface area contributed by atoms with Crippen molar-refractivity contribution in [3.05, 3.63) is 80.6 Å². The number of imidazole rings is 1. The molecule has 2 heterocycles. The highest BCUT2D eigenvalue weighted by molar-refractivity contribution is 9.10. The number of carbonyl (C=O) groups is 2. The number of likely N-dealkylation sites (N-methyl/N-ethyl adjacent to an activating group) is 1. The van der Waals surface area contributed by atoms with Gasteiger partial charge in [0, 0.05) is 35.6 Å². The number of halogens is 4. The minimum Gasteiger partial charge on any atom is -0.497 e. The summed E-state index contributed by atoms with van der Waals surface area (Å²) in [4.78, 5) is 31.0. The summed E-state index contributed by atoms with van der Waals surface area (Å²) in [6.45, 7) is 1.69. The molecule has 39 heavy (non-hydrogen) atoms. The zero-order chi connectivity index (χ0) is 27.4. The number of amides is 3. The number of nitrogens with zero attached hydrogens (tertiary/aromatic N) is 3. The Hall–Kier alpha value is -3.18. The normalized spacial score (nSPS) is 10.5. The quantitative estimate of drug-likeness (QED) is 0.225. The molecule has 13 heteroatoms. The SMILES string of the molecule is COc1cccc(NC(=O)NCC(=O)N(C)c2ccc(Cl)c(COc3cccn4c(Br)c(C)nc34)c2Cl)c1.Cl. The molecule has 0 aliphatic carbocycles. The number of anilines is 2. The van der Waals surface area contributed by atoms with Crippen molar-refractivity contribution in [1.82, 2.24) is 14.7 Å². The minimum absolute atomic E-state index is 0. The molecule has 0 spiro atoms. The molecule has 3 amide bonds. The predicted octanol–water partition coefficient (Wildman–Crippen LogP) is 6.51. The van der Waals surface area contributed by atoms with Gasteiger partial charge in [0.25, 0.3) is 0 Å². The lowest BCUT2D eigenvalue weighted by Gasteiger charge is -2.21. The molecular weight excluding hydrogens is 633 g/mol. The van der Waals surface area contributed by atoms with Crippen molar-refractivity contribution < 1.29 is 19.1 Å². The maximum absolute atomic E-state index is 12.8. The van der Waals surface area contributed by atoms with E-state index < -0.39 is 6.03 Å². The summed E-state index contributed by atoms with van der Waals surface area (Å²) < 4.78 is 13.9. The van der Waals surface area contributed by atoms with E-state index in [0.717, 1.165) is 10.3 Å². The van der Waals surface area contributed by atoms with Gasteiger partial charge in [-0.25, -0.2) is 9.78 Å². The summed E-state index contributed by atoms with van der Waals surface area (Å²) in [5, 5.41) is 5.86. The molecular formula is C26H25BrCl3N5O4. The van der Waals surface area contributed by atoms with E-state index in [1.54, 1.807) is 49.5 Å². The van der Waals surface area contributed by atoms with Crippen LogP contribution in [0.1, 0.15) is 11.3 Å². The third-order valence-electron chi connectivity index (χ3n) is 5.72. The molecule has 0 saturated heterocycles. The average molecular weight is 658 g/mol. The molecule has 0 aliphatic heterocycles. The second kappa shape index (κ2) is 13.3. The molecule has 4 rings (SSSR count). The molecule has 0 unspecified atom stereocenters. The maximum Gasteiger partial charge on any atom is 0.319 e. The lowest BCUT2D eigenvalue weighted by atomic mass is 10.2. The van der Waals surface area contributed by atoms with Crippen LogP contribution < -0.4 is 25.0 Å². The number of benzene rings is 2. The van der Waals surface area contributed by atoms with Crippen molar-refractivity contribution in [3.8, 4) is 11.5 Å². The van der Waals surface area contributed by atoms with Gasteiger partial charge < -0.3 is 25.0 Å². The van der Waals surface area contributed by atoms with Crippen molar-refractivity contribution >= 4 is 80.5 Å². The van der Waals surface area contributed by atoms with Gasteiger partial charge in [-0.15, -0.1) is 12.4 Å². The van der Waals surface area contributed by atoms with E-state index in [9.17, 15) is 9.59 Å². The Morgan fingerprint density at radius 3 is 2.67 bits per heavy atom. The molecule has 0 saturated carbocycles. The van der Waals surface area contributed by atoms with Crippen LogP contribution in [0.15, 0.2) is 59.3 Å². The van der Waals surface area contributed by atoms with Crippen LogP contribution in [0.2, 0.25) is 10.0 Å². The molecule has 0 bridgehead atoms. The number of rotatable bonds is 8. The monoisotopic (exact) mass is 655 g/mol. The first kappa shape index (κ1) is 30.4. The second-order valence-electron chi connectivity index (χ2n) is 8.19. The third kappa shape index (κ3) is 6.88. The Bertz CT molecular complexity index is 1510. The molecule has 9 nitrogen and oxygen atoms in total. The van der Waals surface area contributed by atoms with Gasteiger partial charge in [0.2, 0.25) is 5.91 Å². The molecule has 0 atom stereocenters. The van der Waals surface area contributed by atoms with E-state index in [1.165, 1.54) is 12.0 Å². The zero-order valence-electron chi connectivity index (χ0n) is 21.1. The number of fused-ring (bicyclic) bond motifs is 1. The van der Waals surface area contributed by atoms with E-state index in [0.29, 0.717) is 39.1 Å². The number of aromatic nitrogens is 2. The van der Waals surface area contributed by atoms with Gasteiger partial charge in [-0.1, -0.05) is 29.3 Å². The van der Waals surface area contributed by atoms with E-state index in [4.69, 9.17) is 32.7 Å². The van der Waals surface area contributed by atoms with Crippen LogP contribution in [0.3, 0.4) is 0 Å². The fourth-order valence-corrected chi connectivity index (χ4v) is 4.63. The van der Waals surface area contributed by atoms with Crippen LogP contribution in [0.4, 0.5) is 16.2 Å². The van der Waals surface area contributed by atoms with Crippen LogP contribution in [0.5, 0.6) is 11.5 Å². The topological polar surface area (TPSA) is 97.2 Å². The molecule has 2 aromatic heterocycles. The summed E-state index contributed by atoms with van der Waals surface area (Å²) in [6.07, 6.45) is 1.87. The van der Waals surface area contributed by atoms with E-state index in [-0.39, 0.29) is 36.5 Å². The van der Waals surface area contributed by atoms with Gasteiger partial charge in [-0.2, -0.15) is 0 Å². The fraction of sp³-hybridized carbons (Fsp3) is 0.192. The maximum atomic E-state index is 12.8. The molecule has 2 aromatic carbocycles. The smallest absolute Gasteiger partial charge is 0.319 e. The van der Waals surface area contributed by atoms with E-state index >= 15 is 0 Å². The largest absolute Gasteiger partial charge is 0.497 e. The standard InChI is InChI=1S/C26H24BrCl2N5O4.ClH/c1-15-24(27)34-11-5-8-21(25(34)31-15)38-14-18-19(28)9-10-20(23(18)29)33(2)22(35)13-30-26(36)32-16-6-4-7-17(12-16)37-3;/h4-12H,13-14H2,1-3H3,(H2,30,32,36);1H. The van der Waals surface area contributed by atoms with Gasteiger partial charge in [0.1, 0.15) is 17.0 Å². The van der Waals surface area contributed by atoms with E-state index in [2.05, 4.69) is 31.5 Å². The number of hydrogen-bond acceptors (Lipinski definition) is 5. The van der Waals surface area contributed by atoms with Crippen molar-refractivity contribution in [2.75, 3.05) is 30.9 Å². The number of pyridine rings is 1. The van der Waals surface area contributed by atoms with Gasteiger partial charge in [-0.05, 0) is 59.3 Å². The van der Waals surface area contributed by atoms with E-state index in [1.807, 2.05) is 23.6 Å². The van der Waals surface area contributed by atoms with Crippen LogP contribution in [0, 0.1) is 6.92 Å². The number of carbonyl (C=O) groups excluding carboxylic acids is 2. The first-order valence-corrected chi connectivity index (χ1v) is 12.9. The van der Waals surface area contributed by atoms with Crippen molar-refractivity contribution in [2.45, 2.75) is 13.5 Å². The average Bonchev–Trinajstić information content (AvgIpc) is 3.20. The van der Waals surface area contributed by atoms with Gasteiger partial charge >= 0.3 is 6.03 Å². The number of hydrogen-bond donors (Lipinski definition) is 2. The van der Waals surface area contributed by atoms with Gasteiger partial charge in [0.15, 0.2) is 11.4 Å². The van der Waals surface area contributed by atoms with Crippen molar-refractivity contribution in [3.63, 3.8) is 0 Å². The fourth-order valence-electron chi connectivity index (χ4n) is 3.65. The van der Waals surface area contributed by atoms with Crippen molar-refractivity contribution in [2.24, 2.45) is 0 Å². The molecule has 2 N–H and O–H groups in total. The predicted molar refractivity (Wildman–Crippen MR) is 159 cm³/mol. The summed E-state index contributed by atoms with van der Waals surface area (Å²) >= 11 is 16.6. The minimum atomic E-state index is -0.536. The Balaban J connectivity index is 0.00000420. The molecule has 0 aliphatic rings. The third-order valence-corrected chi connectivity index (χ3v) is 7.45. The molecule has 4 aromatic rings. The van der Waals surface area contributed by atoms with Crippen LogP contribution in [-0.4, -0.2) is 42.0 Å². The number of nitrogens with one attached hydrogen (secondary N) is 2. The van der Waals surface area contributed by atoms with Crippen LogP contribution in [-0.2, 0) is 11.4 Å². The molecule has 206 valence electrons. The summed E-state index contributed by atoms with van der Waals surface area (Å²) in [5.41, 5.74) is 2.93. The zero-order valence-corrected chi connectivity index (χ0v) is 25.0. The Labute approximate surface area is 249 Å². The molecule has 0 radical (unpaired) electrons. The highest BCUT2D eigenvalue weighted by atomic mass is 79.9. The van der Waals surface area contributed by atoms with Gasteiger partial charge in [-0.3, -0.25) is 9.20 Å². The Morgan fingerprint density at radius 2 is 1.92 bits per heavy atom. The number of ether oxygens (including phenoxy) is 2. The Morgan fingerprint density at radius 1 is 1.15 bits per heavy atom. The first-order valence-electron chi connectivity index (χ1n) is 11.4.